The van der Waals surface area contributed by atoms with E-state index in [2.05, 4.69) is 5.32 Å². The van der Waals surface area contributed by atoms with Gasteiger partial charge in [-0.1, -0.05) is 0 Å². The molecule has 1 unspecified atom stereocenters. The lowest BCUT2D eigenvalue weighted by Crippen LogP contribution is -2.17. The molecule has 1 atom stereocenters. The van der Waals surface area contributed by atoms with Gasteiger partial charge in [0, 0.05) is 19.3 Å². The number of ether oxygens (including phenoxy) is 2. The van der Waals surface area contributed by atoms with Crippen LogP contribution in [0.3, 0.4) is 0 Å². The molecule has 0 aromatic heterocycles. The van der Waals surface area contributed by atoms with Crippen molar-refractivity contribution in [2.45, 2.75) is 13.0 Å². The van der Waals surface area contributed by atoms with Crippen LogP contribution in [0.5, 0.6) is 5.75 Å². The summed E-state index contributed by atoms with van der Waals surface area (Å²) < 4.78 is 10.2. The SMILES string of the molecule is COc1ccc(NCC(C)OC)cc1. The van der Waals surface area contributed by atoms with Crippen molar-refractivity contribution in [3.8, 4) is 5.75 Å². The molecule has 0 spiro atoms. The van der Waals surface area contributed by atoms with E-state index in [-0.39, 0.29) is 6.10 Å². The van der Waals surface area contributed by atoms with Gasteiger partial charge < -0.3 is 14.8 Å². The van der Waals surface area contributed by atoms with Crippen molar-refractivity contribution in [3.63, 3.8) is 0 Å². The fraction of sp³-hybridized carbons (Fsp3) is 0.455. The second-order valence-electron chi connectivity index (χ2n) is 3.16. The zero-order valence-electron chi connectivity index (χ0n) is 8.91. The summed E-state index contributed by atoms with van der Waals surface area (Å²) in [6.07, 6.45) is 0.220. The third-order valence-electron chi connectivity index (χ3n) is 2.09. The molecule has 1 aromatic carbocycles. The van der Waals surface area contributed by atoms with E-state index < -0.39 is 0 Å². The Kier molecular flexibility index (Phi) is 4.26. The van der Waals surface area contributed by atoms with Crippen LogP contribution in [0.25, 0.3) is 0 Å². The molecule has 14 heavy (non-hydrogen) atoms. The van der Waals surface area contributed by atoms with Gasteiger partial charge in [-0.15, -0.1) is 0 Å². The maximum absolute atomic E-state index is 5.13. The van der Waals surface area contributed by atoms with Crippen LogP contribution in [0.4, 0.5) is 5.69 Å². The first kappa shape index (κ1) is 10.9. The largest absolute Gasteiger partial charge is 0.497 e. The summed E-state index contributed by atoms with van der Waals surface area (Å²) in [4.78, 5) is 0. The molecule has 0 aliphatic rings. The molecule has 0 heterocycles. The van der Waals surface area contributed by atoms with Crippen molar-refractivity contribution in [1.82, 2.24) is 0 Å². The Morgan fingerprint density at radius 2 is 1.86 bits per heavy atom. The van der Waals surface area contributed by atoms with Crippen molar-refractivity contribution < 1.29 is 9.47 Å². The van der Waals surface area contributed by atoms with Crippen LogP contribution < -0.4 is 10.1 Å². The highest BCUT2D eigenvalue weighted by molar-refractivity contribution is 5.46. The molecular formula is C11H17NO2. The number of methoxy groups -OCH3 is 2. The molecule has 0 aliphatic heterocycles. The van der Waals surface area contributed by atoms with E-state index in [9.17, 15) is 0 Å². The molecule has 0 fully saturated rings. The molecule has 78 valence electrons. The lowest BCUT2D eigenvalue weighted by Gasteiger charge is -2.11. The number of benzene rings is 1. The Bertz CT molecular complexity index is 258. The van der Waals surface area contributed by atoms with Gasteiger partial charge in [0.15, 0.2) is 0 Å². The van der Waals surface area contributed by atoms with E-state index in [1.54, 1.807) is 14.2 Å². The van der Waals surface area contributed by atoms with Gasteiger partial charge in [0.05, 0.1) is 13.2 Å². The smallest absolute Gasteiger partial charge is 0.119 e. The highest BCUT2D eigenvalue weighted by atomic mass is 16.5. The Morgan fingerprint density at radius 1 is 1.21 bits per heavy atom. The summed E-state index contributed by atoms with van der Waals surface area (Å²) in [7, 11) is 3.37. The fourth-order valence-corrected chi connectivity index (χ4v) is 1.05. The monoisotopic (exact) mass is 195 g/mol. The third kappa shape index (κ3) is 3.26. The van der Waals surface area contributed by atoms with Crippen molar-refractivity contribution in [2.24, 2.45) is 0 Å². The van der Waals surface area contributed by atoms with Gasteiger partial charge in [-0.25, -0.2) is 0 Å². The first-order valence-electron chi connectivity index (χ1n) is 4.67. The predicted octanol–water partition coefficient (Wildman–Crippen LogP) is 2.14. The van der Waals surface area contributed by atoms with Gasteiger partial charge in [0.25, 0.3) is 0 Å². The second kappa shape index (κ2) is 5.50. The van der Waals surface area contributed by atoms with Gasteiger partial charge in [-0.3, -0.25) is 0 Å². The zero-order valence-corrected chi connectivity index (χ0v) is 8.91. The summed E-state index contributed by atoms with van der Waals surface area (Å²) >= 11 is 0. The van der Waals surface area contributed by atoms with Crippen LogP contribution in [0.2, 0.25) is 0 Å². The molecule has 3 heteroatoms. The van der Waals surface area contributed by atoms with Crippen molar-refractivity contribution in [1.29, 1.82) is 0 Å². The van der Waals surface area contributed by atoms with Gasteiger partial charge in [-0.05, 0) is 31.2 Å². The topological polar surface area (TPSA) is 30.5 Å². The van der Waals surface area contributed by atoms with Crippen LogP contribution in [0, 0.1) is 0 Å². The first-order chi connectivity index (χ1) is 6.76. The maximum Gasteiger partial charge on any atom is 0.119 e. The summed E-state index contributed by atoms with van der Waals surface area (Å²) in [6.45, 7) is 2.83. The molecule has 3 nitrogen and oxygen atoms in total. The van der Waals surface area contributed by atoms with Crippen LogP contribution in [-0.2, 0) is 4.74 Å². The molecule has 1 aromatic rings. The van der Waals surface area contributed by atoms with Crippen LogP contribution in [0.15, 0.2) is 24.3 Å². The minimum absolute atomic E-state index is 0.220. The summed E-state index contributed by atoms with van der Waals surface area (Å²) in [5.74, 6) is 0.871. The normalized spacial score (nSPS) is 12.2. The van der Waals surface area contributed by atoms with Crippen LogP contribution in [0.1, 0.15) is 6.92 Å². The van der Waals surface area contributed by atoms with Crippen molar-refractivity contribution in [2.75, 3.05) is 26.1 Å². The first-order valence-corrected chi connectivity index (χ1v) is 4.67. The Morgan fingerprint density at radius 3 is 2.36 bits per heavy atom. The summed E-state index contributed by atoms with van der Waals surface area (Å²) in [5, 5.41) is 3.27. The fourth-order valence-electron chi connectivity index (χ4n) is 1.05. The number of hydrogen-bond donors (Lipinski definition) is 1. The predicted molar refractivity (Wildman–Crippen MR) is 58.0 cm³/mol. The molecular weight excluding hydrogens is 178 g/mol. The van der Waals surface area contributed by atoms with Crippen molar-refractivity contribution in [3.05, 3.63) is 24.3 Å². The van der Waals surface area contributed by atoms with Gasteiger partial charge in [-0.2, -0.15) is 0 Å². The highest BCUT2D eigenvalue weighted by Crippen LogP contribution is 2.14. The van der Waals surface area contributed by atoms with E-state index in [0.29, 0.717) is 0 Å². The quantitative estimate of drug-likeness (QED) is 0.780. The average molecular weight is 195 g/mol. The van der Waals surface area contributed by atoms with Gasteiger partial charge in [0.2, 0.25) is 0 Å². The molecule has 0 saturated heterocycles. The number of rotatable bonds is 5. The lowest BCUT2D eigenvalue weighted by atomic mass is 10.3. The summed E-state index contributed by atoms with van der Waals surface area (Å²) in [6, 6.07) is 7.84. The number of anilines is 1. The van der Waals surface area contributed by atoms with E-state index in [1.165, 1.54) is 0 Å². The average Bonchev–Trinajstić information content (AvgIpc) is 2.26. The van der Waals surface area contributed by atoms with Gasteiger partial charge >= 0.3 is 0 Å². The Labute approximate surface area is 85.0 Å². The Balaban J connectivity index is 2.43. The number of hydrogen-bond acceptors (Lipinski definition) is 3. The zero-order chi connectivity index (χ0) is 10.4. The van der Waals surface area contributed by atoms with Crippen LogP contribution in [-0.4, -0.2) is 26.9 Å². The molecule has 0 aliphatic carbocycles. The maximum atomic E-state index is 5.13. The molecule has 1 rings (SSSR count). The van der Waals surface area contributed by atoms with Crippen LogP contribution >= 0.6 is 0 Å². The lowest BCUT2D eigenvalue weighted by molar-refractivity contribution is 0.129. The highest BCUT2D eigenvalue weighted by Gasteiger charge is 1.98. The Hall–Kier alpha value is -1.22. The van der Waals surface area contributed by atoms with Gasteiger partial charge in [0.1, 0.15) is 5.75 Å². The van der Waals surface area contributed by atoms with Crippen molar-refractivity contribution >= 4 is 5.69 Å². The summed E-state index contributed by atoms with van der Waals surface area (Å²) in [5.41, 5.74) is 1.08. The number of nitrogens with one attached hydrogen (secondary N) is 1. The van der Waals surface area contributed by atoms with E-state index in [4.69, 9.17) is 9.47 Å². The third-order valence-corrected chi connectivity index (χ3v) is 2.09. The molecule has 0 amide bonds. The molecule has 1 N–H and O–H groups in total. The van der Waals surface area contributed by atoms with E-state index in [1.807, 2.05) is 31.2 Å². The van der Waals surface area contributed by atoms with E-state index in [0.717, 1.165) is 18.0 Å². The minimum Gasteiger partial charge on any atom is -0.497 e. The standard InChI is InChI=1S/C11H17NO2/c1-9(13-2)8-12-10-4-6-11(14-3)7-5-10/h4-7,9,12H,8H2,1-3H3. The minimum atomic E-state index is 0.220. The molecule has 0 bridgehead atoms. The molecule has 0 saturated carbocycles. The van der Waals surface area contributed by atoms with E-state index >= 15 is 0 Å². The molecule has 0 radical (unpaired) electrons. The second-order valence-corrected chi connectivity index (χ2v) is 3.16.